The Hall–Kier alpha value is -0.600. The standard InChI is InChI=1S/C14H14BrClO/c15-12-8-7-11(9-13(12)16)14(17)10-5-3-1-2-4-6-10/h5,7-9H,1-4,6H2. The van der Waals surface area contributed by atoms with Crippen LogP contribution in [0.5, 0.6) is 0 Å². The van der Waals surface area contributed by atoms with Gasteiger partial charge in [0, 0.05) is 10.0 Å². The third kappa shape index (κ3) is 3.20. The Balaban J connectivity index is 2.23. The second kappa shape index (κ2) is 5.83. The third-order valence-corrected chi connectivity index (χ3v) is 4.25. The number of Topliss-reactive ketones (excluding diaryl/α,β-unsaturated/α-hetero) is 1. The van der Waals surface area contributed by atoms with Gasteiger partial charge in [-0.15, -0.1) is 0 Å². The van der Waals surface area contributed by atoms with E-state index in [-0.39, 0.29) is 5.78 Å². The Labute approximate surface area is 115 Å². The zero-order valence-electron chi connectivity index (χ0n) is 9.51. The van der Waals surface area contributed by atoms with Crippen LogP contribution < -0.4 is 0 Å². The van der Waals surface area contributed by atoms with E-state index >= 15 is 0 Å². The van der Waals surface area contributed by atoms with E-state index in [1.165, 1.54) is 12.8 Å². The van der Waals surface area contributed by atoms with Crippen molar-refractivity contribution in [2.75, 3.05) is 0 Å². The summed E-state index contributed by atoms with van der Waals surface area (Å²) in [7, 11) is 0. The second-order valence-corrected chi connectivity index (χ2v) is 5.55. The Morgan fingerprint density at radius 1 is 1.24 bits per heavy atom. The fraction of sp³-hybridized carbons (Fsp3) is 0.357. The second-order valence-electron chi connectivity index (χ2n) is 4.29. The summed E-state index contributed by atoms with van der Waals surface area (Å²) in [5.74, 6) is 0.126. The quantitative estimate of drug-likeness (QED) is 0.688. The van der Waals surface area contributed by atoms with Crippen molar-refractivity contribution in [2.24, 2.45) is 0 Å². The molecule has 0 N–H and O–H groups in total. The monoisotopic (exact) mass is 312 g/mol. The first-order valence-electron chi connectivity index (χ1n) is 5.87. The lowest BCUT2D eigenvalue weighted by Crippen LogP contribution is -2.03. The molecule has 1 aromatic rings. The minimum absolute atomic E-state index is 0.126. The fourth-order valence-corrected chi connectivity index (χ4v) is 2.47. The van der Waals surface area contributed by atoms with Gasteiger partial charge in [-0.3, -0.25) is 4.79 Å². The molecule has 0 spiro atoms. The van der Waals surface area contributed by atoms with Crippen molar-refractivity contribution in [3.05, 3.63) is 44.9 Å². The van der Waals surface area contributed by atoms with Crippen LogP contribution in [-0.2, 0) is 0 Å². The molecule has 0 saturated heterocycles. The molecule has 0 fully saturated rings. The number of hydrogen-bond acceptors (Lipinski definition) is 1. The number of benzene rings is 1. The van der Waals surface area contributed by atoms with Crippen molar-refractivity contribution in [1.29, 1.82) is 0 Å². The van der Waals surface area contributed by atoms with Crippen LogP contribution in [0.2, 0.25) is 5.02 Å². The highest BCUT2D eigenvalue weighted by molar-refractivity contribution is 9.10. The van der Waals surface area contributed by atoms with E-state index in [1.54, 1.807) is 6.07 Å². The summed E-state index contributed by atoms with van der Waals surface area (Å²) in [6.07, 6.45) is 7.53. The van der Waals surface area contributed by atoms with E-state index in [0.717, 1.165) is 29.3 Å². The van der Waals surface area contributed by atoms with Crippen molar-refractivity contribution < 1.29 is 4.79 Å². The molecule has 1 aliphatic carbocycles. The normalized spacial score (nSPS) is 16.2. The number of carbonyl (C=O) groups is 1. The molecule has 2 rings (SSSR count). The molecule has 0 heterocycles. The molecule has 0 aliphatic heterocycles. The van der Waals surface area contributed by atoms with E-state index in [1.807, 2.05) is 12.1 Å². The first-order valence-corrected chi connectivity index (χ1v) is 7.04. The SMILES string of the molecule is O=C(C1=CCCCCC1)c1ccc(Br)c(Cl)c1. The number of allylic oxidation sites excluding steroid dienone is 2. The summed E-state index contributed by atoms with van der Waals surface area (Å²) in [6, 6.07) is 5.39. The van der Waals surface area contributed by atoms with Crippen LogP contribution >= 0.6 is 27.5 Å². The summed E-state index contributed by atoms with van der Waals surface area (Å²) in [6.45, 7) is 0. The van der Waals surface area contributed by atoms with Crippen molar-refractivity contribution in [2.45, 2.75) is 32.1 Å². The summed E-state index contributed by atoms with van der Waals surface area (Å²) in [4.78, 5) is 12.3. The van der Waals surface area contributed by atoms with Crippen LogP contribution in [0.4, 0.5) is 0 Å². The molecular weight excluding hydrogens is 300 g/mol. The van der Waals surface area contributed by atoms with Crippen LogP contribution in [-0.4, -0.2) is 5.78 Å². The van der Waals surface area contributed by atoms with Gasteiger partial charge in [-0.05, 0) is 65.4 Å². The highest BCUT2D eigenvalue weighted by Gasteiger charge is 2.14. The molecule has 0 unspecified atom stereocenters. The number of halogens is 2. The Morgan fingerprint density at radius 3 is 2.82 bits per heavy atom. The van der Waals surface area contributed by atoms with Crippen LogP contribution in [0.25, 0.3) is 0 Å². The molecule has 1 aromatic carbocycles. The van der Waals surface area contributed by atoms with Gasteiger partial charge in [0.1, 0.15) is 0 Å². The molecular formula is C14H14BrClO. The van der Waals surface area contributed by atoms with Gasteiger partial charge in [0.2, 0.25) is 0 Å². The van der Waals surface area contributed by atoms with Gasteiger partial charge in [0.05, 0.1) is 5.02 Å². The number of ketones is 1. The smallest absolute Gasteiger partial charge is 0.188 e. The molecule has 17 heavy (non-hydrogen) atoms. The predicted octanol–water partition coefficient (Wildman–Crippen LogP) is 5.18. The molecule has 0 atom stereocenters. The molecule has 1 nitrogen and oxygen atoms in total. The van der Waals surface area contributed by atoms with Crippen LogP contribution in [0.3, 0.4) is 0 Å². The molecule has 1 aliphatic rings. The van der Waals surface area contributed by atoms with Crippen LogP contribution in [0.1, 0.15) is 42.5 Å². The molecule has 0 radical (unpaired) electrons. The van der Waals surface area contributed by atoms with E-state index in [4.69, 9.17) is 11.6 Å². The van der Waals surface area contributed by atoms with Gasteiger partial charge in [-0.2, -0.15) is 0 Å². The minimum atomic E-state index is 0.126. The van der Waals surface area contributed by atoms with Crippen molar-refractivity contribution in [1.82, 2.24) is 0 Å². The fourth-order valence-electron chi connectivity index (χ4n) is 2.04. The van der Waals surface area contributed by atoms with E-state index in [0.29, 0.717) is 10.6 Å². The molecule has 0 aromatic heterocycles. The maximum atomic E-state index is 12.3. The van der Waals surface area contributed by atoms with Gasteiger partial charge in [-0.1, -0.05) is 24.1 Å². The zero-order valence-corrected chi connectivity index (χ0v) is 11.9. The van der Waals surface area contributed by atoms with Crippen LogP contribution in [0, 0.1) is 0 Å². The minimum Gasteiger partial charge on any atom is -0.289 e. The van der Waals surface area contributed by atoms with Gasteiger partial charge >= 0.3 is 0 Å². The van der Waals surface area contributed by atoms with E-state index < -0.39 is 0 Å². The lowest BCUT2D eigenvalue weighted by atomic mass is 10.00. The molecule has 0 amide bonds. The first-order chi connectivity index (χ1) is 8.18. The van der Waals surface area contributed by atoms with Gasteiger partial charge in [-0.25, -0.2) is 0 Å². The lowest BCUT2D eigenvalue weighted by molar-refractivity contribution is 0.103. The number of hydrogen-bond donors (Lipinski definition) is 0. The number of rotatable bonds is 2. The average molecular weight is 314 g/mol. The summed E-state index contributed by atoms with van der Waals surface area (Å²) < 4.78 is 0.825. The maximum Gasteiger partial charge on any atom is 0.188 e. The highest BCUT2D eigenvalue weighted by Crippen LogP contribution is 2.26. The van der Waals surface area contributed by atoms with E-state index in [2.05, 4.69) is 22.0 Å². The zero-order chi connectivity index (χ0) is 12.3. The van der Waals surface area contributed by atoms with Gasteiger partial charge < -0.3 is 0 Å². The lowest BCUT2D eigenvalue weighted by Gasteiger charge is -2.05. The molecule has 0 bridgehead atoms. The topological polar surface area (TPSA) is 17.1 Å². The van der Waals surface area contributed by atoms with Crippen molar-refractivity contribution in [3.63, 3.8) is 0 Å². The highest BCUT2D eigenvalue weighted by atomic mass is 79.9. The molecule has 3 heteroatoms. The molecule has 0 saturated carbocycles. The summed E-state index contributed by atoms with van der Waals surface area (Å²) in [5, 5.41) is 0.588. The average Bonchev–Trinajstić information content (AvgIpc) is 2.60. The Bertz CT molecular complexity index is 465. The third-order valence-electron chi connectivity index (χ3n) is 3.01. The van der Waals surface area contributed by atoms with Crippen molar-refractivity contribution >= 4 is 33.3 Å². The summed E-state index contributed by atoms with van der Waals surface area (Å²) in [5.41, 5.74) is 1.63. The van der Waals surface area contributed by atoms with Gasteiger partial charge in [0.15, 0.2) is 5.78 Å². The van der Waals surface area contributed by atoms with Crippen molar-refractivity contribution in [3.8, 4) is 0 Å². The largest absolute Gasteiger partial charge is 0.289 e. The molecule has 90 valence electrons. The van der Waals surface area contributed by atoms with Crippen LogP contribution in [0.15, 0.2) is 34.3 Å². The first kappa shape index (κ1) is 12.8. The Kier molecular flexibility index (Phi) is 4.41. The summed E-state index contributed by atoms with van der Waals surface area (Å²) >= 11 is 9.34. The van der Waals surface area contributed by atoms with E-state index in [9.17, 15) is 4.79 Å². The predicted molar refractivity (Wildman–Crippen MR) is 74.7 cm³/mol. The number of carbonyl (C=O) groups excluding carboxylic acids is 1. The maximum absolute atomic E-state index is 12.3. The Morgan fingerprint density at radius 2 is 2.06 bits per heavy atom. The van der Waals surface area contributed by atoms with Gasteiger partial charge in [0.25, 0.3) is 0 Å².